The largest absolute Gasteiger partial charge is 0.440 e. The van der Waals surface area contributed by atoms with Crippen molar-refractivity contribution in [3.8, 4) is 11.8 Å². The Morgan fingerprint density at radius 3 is 2.54 bits per heavy atom. The van der Waals surface area contributed by atoms with Gasteiger partial charge in [0.2, 0.25) is 0 Å². The molecule has 6 rings (SSSR count). The number of imidazole rings is 1. The number of alkyl halides is 3. The minimum Gasteiger partial charge on any atom is -0.341 e. The molecule has 8 nitrogen and oxygen atoms in total. The Hall–Kier alpha value is -3.11. The highest BCUT2D eigenvalue weighted by Gasteiger charge is 2.75. The molecule has 3 aromatic rings. The van der Waals surface area contributed by atoms with Crippen LogP contribution in [0.2, 0.25) is 0 Å². The van der Waals surface area contributed by atoms with Crippen molar-refractivity contribution in [2.24, 2.45) is 11.7 Å². The predicted octanol–water partition coefficient (Wildman–Crippen LogP) is 4.34. The smallest absolute Gasteiger partial charge is 0.341 e. The number of hydrogen-bond acceptors (Lipinski definition) is 7. The number of nitrogens with zero attached hydrogens (tertiary/aromatic N) is 4. The van der Waals surface area contributed by atoms with E-state index < -0.39 is 47.9 Å². The van der Waals surface area contributed by atoms with Gasteiger partial charge in [-0.1, -0.05) is 36.8 Å². The van der Waals surface area contributed by atoms with Gasteiger partial charge >= 0.3 is 6.18 Å². The van der Waals surface area contributed by atoms with Crippen LogP contribution in [0.5, 0.6) is 0 Å². The lowest BCUT2D eigenvalue weighted by Crippen LogP contribution is -2.56. The summed E-state index contributed by atoms with van der Waals surface area (Å²) >= 11 is 0. The Labute approximate surface area is 221 Å². The van der Waals surface area contributed by atoms with Crippen LogP contribution in [-0.4, -0.2) is 49.8 Å². The van der Waals surface area contributed by atoms with Crippen LogP contribution in [0.25, 0.3) is 11.2 Å². The topological polar surface area (TPSA) is 97.3 Å². The average molecular weight is 546 g/mol. The van der Waals surface area contributed by atoms with Crippen molar-refractivity contribution in [2.45, 2.75) is 81.6 Å². The van der Waals surface area contributed by atoms with Crippen LogP contribution in [-0.2, 0) is 19.9 Å². The Bertz CT molecular complexity index is 1460. The zero-order valence-corrected chi connectivity index (χ0v) is 21.3. The highest BCUT2D eigenvalue weighted by Crippen LogP contribution is 2.54. The fourth-order valence-electron chi connectivity index (χ4n) is 5.90. The molecule has 0 radical (unpaired) electrons. The molecule has 3 fully saturated rings. The SMILES string of the molecule is CC1(C)O[C@H]2[C@@H](O1)[C@](n1cnc3c(C(N)C4CCCC4)ncnc31)(C(F)(F)F)O[C@@H]2C#Cc1ccccc1F. The van der Waals surface area contributed by atoms with Crippen LogP contribution in [0, 0.1) is 23.6 Å². The Balaban J connectivity index is 1.48. The monoisotopic (exact) mass is 545 g/mol. The van der Waals surface area contributed by atoms with Gasteiger partial charge in [0, 0.05) is 0 Å². The Morgan fingerprint density at radius 2 is 1.82 bits per heavy atom. The van der Waals surface area contributed by atoms with Crippen LogP contribution in [0.15, 0.2) is 36.9 Å². The maximum Gasteiger partial charge on any atom is 0.440 e. The molecule has 0 spiro atoms. The number of hydrogen-bond donors (Lipinski definition) is 1. The summed E-state index contributed by atoms with van der Waals surface area (Å²) in [7, 11) is 0. The number of benzene rings is 1. The summed E-state index contributed by atoms with van der Waals surface area (Å²) in [6.45, 7) is 3.03. The van der Waals surface area contributed by atoms with Crippen LogP contribution in [0.1, 0.15) is 56.8 Å². The Kier molecular flexibility index (Phi) is 6.18. The van der Waals surface area contributed by atoms with Crippen molar-refractivity contribution in [2.75, 3.05) is 0 Å². The molecule has 0 amide bonds. The van der Waals surface area contributed by atoms with Crippen LogP contribution < -0.4 is 5.73 Å². The lowest BCUT2D eigenvalue weighted by molar-refractivity contribution is -0.341. The van der Waals surface area contributed by atoms with Crippen molar-refractivity contribution >= 4 is 11.2 Å². The second kappa shape index (κ2) is 9.23. The van der Waals surface area contributed by atoms with E-state index in [9.17, 15) is 4.39 Å². The molecule has 2 aliphatic heterocycles. The van der Waals surface area contributed by atoms with Gasteiger partial charge in [-0.05, 0) is 44.7 Å². The molecule has 1 unspecified atom stereocenters. The van der Waals surface area contributed by atoms with Gasteiger partial charge in [-0.15, -0.1) is 0 Å². The van der Waals surface area contributed by atoms with Gasteiger partial charge < -0.3 is 19.9 Å². The van der Waals surface area contributed by atoms with E-state index >= 15 is 13.2 Å². The summed E-state index contributed by atoms with van der Waals surface area (Å²) in [6.07, 6.45) is -3.20. The van der Waals surface area contributed by atoms with E-state index in [1.807, 2.05) is 0 Å². The number of nitrogens with two attached hydrogens (primary N) is 1. The van der Waals surface area contributed by atoms with Crippen molar-refractivity contribution < 1.29 is 31.8 Å². The molecule has 1 saturated carbocycles. The molecular formula is C27H27F4N5O3. The van der Waals surface area contributed by atoms with Gasteiger partial charge in [-0.2, -0.15) is 13.2 Å². The minimum absolute atomic E-state index is 0.0201. The predicted molar refractivity (Wildman–Crippen MR) is 130 cm³/mol. The van der Waals surface area contributed by atoms with Crippen molar-refractivity contribution in [1.82, 2.24) is 19.5 Å². The second-order valence-electron chi connectivity index (χ2n) is 10.6. The third-order valence-corrected chi connectivity index (χ3v) is 7.69. The molecular weight excluding hydrogens is 518 g/mol. The lowest BCUT2D eigenvalue weighted by Gasteiger charge is -2.36. The summed E-state index contributed by atoms with van der Waals surface area (Å²) in [5.74, 6) is 3.44. The van der Waals surface area contributed by atoms with E-state index in [2.05, 4.69) is 26.8 Å². The number of rotatable bonds is 3. The van der Waals surface area contributed by atoms with E-state index in [1.165, 1.54) is 38.4 Å². The maximum absolute atomic E-state index is 15.2. The number of halogens is 4. The van der Waals surface area contributed by atoms with Gasteiger partial charge in [0.25, 0.3) is 5.72 Å². The van der Waals surface area contributed by atoms with E-state index in [0.717, 1.165) is 36.6 Å². The molecule has 1 aromatic carbocycles. The molecule has 4 heterocycles. The number of fused-ring (bicyclic) bond motifs is 2. The zero-order chi connectivity index (χ0) is 27.6. The van der Waals surface area contributed by atoms with Crippen molar-refractivity contribution in [1.29, 1.82) is 0 Å². The third kappa shape index (κ3) is 4.19. The number of ether oxygens (including phenoxy) is 3. The fraction of sp³-hybridized carbons (Fsp3) is 0.519. The molecule has 2 N–H and O–H groups in total. The van der Waals surface area contributed by atoms with Crippen LogP contribution >= 0.6 is 0 Å². The second-order valence-corrected chi connectivity index (χ2v) is 10.6. The highest BCUT2D eigenvalue weighted by molar-refractivity contribution is 5.74. The van der Waals surface area contributed by atoms with Gasteiger partial charge in [0.1, 0.15) is 29.9 Å². The first kappa shape index (κ1) is 26.1. The first-order valence-electron chi connectivity index (χ1n) is 12.8. The molecule has 1 aliphatic carbocycles. The standard InChI is InChI=1S/C27H27F4N5O3/c1-25(2)38-22-18(12-11-15-7-5-6-10-17(15)28)37-26(23(22)39-25,27(29,30)31)36-14-35-21-20(33-13-34-24(21)36)19(32)16-8-3-4-9-16/h5-7,10,13-14,16,18-19,22-23H,3-4,8-9,32H2,1-2H3/t18-,19?,22-,23-,26-/m1/s1. The van der Waals surface area contributed by atoms with E-state index in [4.69, 9.17) is 19.9 Å². The molecule has 0 bridgehead atoms. The lowest BCUT2D eigenvalue weighted by atomic mass is 9.95. The molecule has 39 heavy (non-hydrogen) atoms. The maximum atomic E-state index is 15.2. The summed E-state index contributed by atoms with van der Waals surface area (Å²) in [4.78, 5) is 12.8. The molecule has 3 aliphatic rings. The van der Waals surface area contributed by atoms with Crippen LogP contribution in [0.3, 0.4) is 0 Å². The minimum atomic E-state index is -5.01. The molecule has 12 heteroatoms. The van der Waals surface area contributed by atoms with E-state index in [1.54, 1.807) is 6.07 Å². The summed E-state index contributed by atoms with van der Waals surface area (Å²) in [5.41, 5.74) is 3.90. The van der Waals surface area contributed by atoms with Gasteiger partial charge in [-0.3, -0.25) is 4.57 Å². The molecule has 5 atom stereocenters. The summed E-state index contributed by atoms with van der Waals surface area (Å²) in [5, 5.41) is 0. The first-order valence-corrected chi connectivity index (χ1v) is 12.8. The highest BCUT2D eigenvalue weighted by atomic mass is 19.4. The quantitative estimate of drug-likeness (QED) is 0.386. The van der Waals surface area contributed by atoms with E-state index in [0.29, 0.717) is 5.69 Å². The van der Waals surface area contributed by atoms with Gasteiger partial charge in [0.05, 0.1) is 23.6 Å². The molecule has 2 saturated heterocycles. The van der Waals surface area contributed by atoms with Crippen LogP contribution in [0.4, 0.5) is 17.6 Å². The van der Waals surface area contributed by atoms with Gasteiger partial charge in [0.15, 0.2) is 17.5 Å². The third-order valence-electron chi connectivity index (χ3n) is 7.69. The van der Waals surface area contributed by atoms with Gasteiger partial charge in [-0.25, -0.2) is 19.3 Å². The average Bonchev–Trinajstić information content (AvgIpc) is 3.66. The normalized spacial score (nSPS) is 29.4. The summed E-state index contributed by atoms with van der Waals surface area (Å²) < 4.78 is 78.1. The van der Waals surface area contributed by atoms with Crippen molar-refractivity contribution in [3.63, 3.8) is 0 Å². The molecule has 206 valence electrons. The fourth-order valence-corrected chi connectivity index (χ4v) is 5.90. The molecule has 2 aromatic heterocycles. The number of aromatic nitrogens is 4. The summed E-state index contributed by atoms with van der Waals surface area (Å²) in [6, 6.07) is 5.22. The Morgan fingerprint density at radius 1 is 1.08 bits per heavy atom. The van der Waals surface area contributed by atoms with Crippen molar-refractivity contribution in [3.05, 3.63) is 54.0 Å². The zero-order valence-electron chi connectivity index (χ0n) is 21.3. The van der Waals surface area contributed by atoms with E-state index in [-0.39, 0.29) is 22.6 Å². The first-order chi connectivity index (χ1) is 18.5.